The van der Waals surface area contributed by atoms with Crippen molar-refractivity contribution < 1.29 is 28.2 Å². The normalized spacial score (nSPS) is 29.4. The van der Waals surface area contributed by atoms with Crippen LogP contribution in [0.4, 0.5) is 14.5 Å². The molecule has 2 aliphatic heterocycles. The number of benzene rings is 1. The molecule has 0 aromatic heterocycles. The highest BCUT2D eigenvalue weighted by atomic mass is 35.5. The molecule has 10 heteroatoms. The minimum absolute atomic E-state index is 0. The first-order chi connectivity index (χ1) is 16.9. The maximum atomic E-state index is 14.0. The molecule has 200 valence electrons. The first kappa shape index (κ1) is 27.1. The number of piperazine rings is 1. The third kappa shape index (κ3) is 5.63. The van der Waals surface area contributed by atoms with Crippen molar-refractivity contribution in [3.8, 4) is 5.75 Å². The summed E-state index contributed by atoms with van der Waals surface area (Å²) in [6, 6.07) is 4.75. The Bertz CT molecular complexity index is 912. The van der Waals surface area contributed by atoms with Crippen molar-refractivity contribution >= 4 is 29.9 Å². The Kier molecular flexibility index (Phi) is 8.73. The Morgan fingerprint density at radius 1 is 0.972 bits per heavy atom. The Balaban J connectivity index is 0.00000304. The van der Waals surface area contributed by atoms with Crippen molar-refractivity contribution in [3.05, 3.63) is 24.0 Å². The van der Waals surface area contributed by atoms with Crippen molar-refractivity contribution in [3.63, 3.8) is 0 Å². The van der Waals surface area contributed by atoms with Crippen molar-refractivity contribution in [2.75, 3.05) is 44.2 Å². The van der Waals surface area contributed by atoms with E-state index in [-0.39, 0.29) is 49.0 Å². The third-order valence-corrected chi connectivity index (χ3v) is 8.13. The number of ether oxygens (including phenoxy) is 1. The standard InChI is InChI=1S/C26H35F2N3O4.ClH/c27-17-6-7-24(35-18-4-1-2-5-18)22(14-17)30-12-10-29(11-13-30)8-3-9-31-25(33)19-15-21(28)23(32)16-20(19)26(31)34;/h6-7,14,18-21,23,32H,1-5,8-13,15-16H2;1H. The van der Waals surface area contributed by atoms with Crippen LogP contribution in [0.2, 0.25) is 0 Å². The number of rotatable bonds is 7. The second-order valence-electron chi connectivity index (χ2n) is 10.4. The average molecular weight is 528 g/mol. The van der Waals surface area contributed by atoms with Crippen LogP contribution in [0.1, 0.15) is 44.9 Å². The van der Waals surface area contributed by atoms with Crippen LogP contribution in [0.25, 0.3) is 0 Å². The van der Waals surface area contributed by atoms with Gasteiger partial charge in [0.05, 0.1) is 29.7 Å². The molecule has 1 N–H and O–H groups in total. The van der Waals surface area contributed by atoms with E-state index in [9.17, 15) is 23.5 Å². The zero-order chi connectivity index (χ0) is 24.5. The number of aliphatic hydroxyl groups is 1. The summed E-state index contributed by atoms with van der Waals surface area (Å²) in [5, 5.41) is 9.77. The molecule has 2 amide bonds. The summed E-state index contributed by atoms with van der Waals surface area (Å²) in [6.45, 7) is 4.13. The lowest BCUT2D eigenvalue weighted by atomic mass is 9.78. The molecule has 2 saturated heterocycles. The van der Waals surface area contributed by atoms with Gasteiger partial charge in [-0.3, -0.25) is 19.4 Å². The molecular formula is C26H36ClF2N3O4. The first-order valence-corrected chi connectivity index (χ1v) is 13.0. The predicted molar refractivity (Wildman–Crippen MR) is 134 cm³/mol. The molecule has 1 aromatic rings. The fourth-order valence-electron chi connectivity index (χ4n) is 6.10. The fourth-order valence-corrected chi connectivity index (χ4v) is 6.10. The first-order valence-electron chi connectivity index (χ1n) is 13.0. The number of aliphatic hydroxyl groups excluding tert-OH is 1. The molecule has 1 aromatic carbocycles. The average Bonchev–Trinajstić information content (AvgIpc) is 3.44. The monoisotopic (exact) mass is 527 g/mol. The molecule has 5 rings (SSSR count). The van der Waals surface area contributed by atoms with E-state index in [1.54, 1.807) is 12.1 Å². The number of alkyl halides is 1. The molecule has 0 spiro atoms. The molecule has 4 atom stereocenters. The van der Waals surface area contributed by atoms with Crippen LogP contribution in [0.5, 0.6) is 5.75 Å². The number of carbonyl (C=O) groups excluding carboxylic acids is 2. The van der Waals surface area contributed by atoms with E-state index in [4.69, 9.17) is 4.74 Å². The highest BCUT2D eigenvalue weighted by Gasteiger charge is 2.52. The Hall–Kier alpha value is -1.97. The fraction of sp³-hybridized carbons (Fsp3) is 0.692. The van der Waals surface area contributed by atoms with E-state index in [1.807, 2.05) is 0 Å². The number of hydrogen-bond donors (Lipinski definition) is 1. The Labute approximate surface area is 217 Å². The summed E-state index contributed by atoms with van der Waals surface area (Å²) in [7, 11) is 0. The number of fused-ring (bicyclic) bond motifs is 1. The van der Waals surface area contributed by atoms with Gasteiger partial charge >= 0.3 is 0 Å². The number of imide groups is 1. The smallest absolute Gasteiger partial charge is 0.233 e. The van der Waals surface area contributed by atoms with Gasteiger partial charge in [0.2, 0.25) is 11.8 Å². The SMILES string of the molecule is Cl.O=C1C2CC(O)C(F)CC2C(=O)N1CCCN1CCN(c2cc(F)ccc2OC2CCCC2)CC1. The van der Waals surface area contributed by atoms with Gasteiger partial charge in [-0.2, -0.15) is 0 Å². The van der Waals surface area contributed by atoms with Crippen molar-refractivity contribution in [2.24, 2.45) is 11.8 Å². The van der Waals surface area contributed by atoms with Crippen molar-refractivity contribution in [2.45, 2.75) is 63.3 Å². The van der Waals surface area contributed by atoms with Crippen LogP contribution in [0.15, 0.2) is 18.2 Å². The molecule has 36 heavy (non-hydrogen) atoms. The highest BCUT2D eigenvalue weighted by molar-refractivity contribution is 6.05. The molecule has 4 unspecified atom stereocenters. The summed E-state index contributed by atoms with van der Waals surface area (Å²) >= 11 is 0. The lowest BCUT2D eigenvalue weighted by Gasteiger charge is -2.37. The number of carbonyl (C=O) groups is 2. The van der Waals surface area contributed by atoms with Crippen LogP contribution >= 0.6 is 12.4 Å². The summed E-state index contributed by atoms with van der Waals surface area (Å²) in [4.78, 5) is 31.1. The van der Waals surface area contributed by atoms with Gasteiger partial charge in [0, 0.05) is 38.8 Å². The zero-order valence-electron chi connectivity index (χ0n) is 20.5. The molecule has 2 heterocycles. The maximum Gasteiger partial charge on any atom is 0.233 e. The van der Waals surface area contributed by atoms with Gasteiger partial charge in [-0.1, -0.05) is 0 Å². The van der Waals surface area contributed by atoms with E-state index < -0.39 is 24.1 Å². The lowest BCUT2D eigenvalue weighted by Crippen LogP contribution is -2.47. The Morgan fingerprint density at radius 3 is 2.33 bits per heavy atom. The second-order valence-corrected chi connectivity index (χ2v) is 10.4. The number of nitrogens with zero attached hydrogens (tertiary/aromatic N) is 3. The lowest BCUT2D eigenvalue weighted by molar-refractivity contribution is -0.140. The Morgan fingerprint density at radius 2 is 1.64 bits per heavy atom. The largest absolute Gasteiger partial charge is 0.488 e. The van der Waals surface area contributed by atoms with Crippen LogP contribution in [0.3, 0.4) is 0 Å². The molecular weight excluding hydrogens is 492 g/mol. The maximum absolute atomic E-state index is 14.0. The molecule has 2 saturated carbocycles. The number of halogens is 3. The minimum Gasteiger partial charge on any atom is -0.488 e. The highest BCUT2D eigenvalue weighted by Crippen LogP contribution is 2.39. The second kappa shape index (κ2) is 11.6. The summed E-state index contributed by atoms with van der Waals surface area (Å²) < 4.78 is 34.1. The topological polar surface area (TPSA) is 73.3 Å². The van der Waals surface area contributed by atoms with Gasteiger partial charge in [-0.15, -0.1) is 12.4 Å². The summed E-state index contributed by atoms with van der Waals surface area (Å²) in [5.41, 5.74) is 0.806. The van der Waals surface area contributed by atoms with Gasteiger partial charge in [-0.05, 0) is 63.6 Å². The van der Waals surface area contributed by atoms with Crippen molar-refractivity contribution in [1.29, 1.82) is 0 Å². The number of likely N-dealkylation sites (tertiary alicyclic amines) is 1. The van der Waals surface area contributed by atoms with Gasteiger partial charge in [0.1, 0.15) is 17.7 Å². The number of hydrogen-bond acceptors (Lipinski definition) is 6. The minimum atomic E-state index is -1.44. The predicted octanol–water partition coefficient (Wildman–Crippen LogP) is 3.18. The summed E-state index contributed by atoms with van der Waals surface area (Å²) in [5.74, 6) is -1.29. The number of amides is 2. The van der Waals surface area contributed by atoms with Crippen LogP contribution in [-0.4, -0.2) is 84.4 Å². The van der Waals surface area contributed by atoms with Crippen LogP contribution in [-0.2, 0) is 9.59 Å². The van der Waals surface area contributed by atoms with Gasteiger partial charge in [0.15, 0.2) is 0 Å². The van der Waals surface area contributed by atoms with Gasteiger partial charge in [0.25, 0.3) is 0 Å². The zero-order valence-corrected chi connectivity index (χ0v) is 21.3. The number of anilines is 1. The van der Waals surface area contributed by atoms with Gasteiger partial charge in [-0.25, -0.2) is 8.78 Å². The van der Waals surface area contributed by atoms with E-state index in [0.717, 1.165) is 57.0 Å². The summed E-state index contributed by atoms with van der Waals surface area (Å²) in [6.07, 6.45) is 2.66. The molecule has 4 fully saturated rings. The van der Waals surface area contributed by atoms with E-state index in [0.29, 0.717) is 13.0 Å². The van der Waals surface area contributed by atoms with Crippen molar-refractivity contribution in [1.82, 2.24) is 9.80 Å². The molecule has 2 aliphatic carbocycles. The molecule has 0 radical (unpaired) electrons. The molecule has 4 aliphatic rings. The van der Waals surface area contributed by atoms with E-state index in [2.05, 4.69) is 9.80 Å². The van der Waals surface area contributed by atoms with E-state index in [1.165, 1.54) is 23.8 Å². The molecule has 7 nitrogen and oxygen atoms in total. The van der Waals surface area contributed by atoms with Crippen LogP contribution < -0.4 is 9.64 Å². The van der Waals surface area contributed by atoms with Crippen LogP contribution in [0, 0.1) is 17.7 Å². The van der Waals surface area contributed by atoms with Gasteiger partial charge < -0.3 is 14.7 Å². The quantitative estimate of drug-likeness (QED) is 0.549. The van der Waals surface area contributed by atoms with E-state index >= 15 is 0 Å². The third-order valence-electron chi connectivity index (χ3n) is 8.13. The molecule has 0 bridgehead atoms.